The molecule has 2 aliphatic rings. The molecule has 0 unspecified atom stereocenters. The van der Waals surface area contributed by atoms with E-state index in [-0.39, 0.29) is 0 Å². The van der Waals surface area contributed by atoms with Crippen LogP contribution in [0.25, 0.3) is 0 Å². The zero-order valence-electron chi connectivity index (χ0n) is 15.5. The summed E-state index contributed by atoms with van der Waals surface area (Å²) in [6.07, 6.45) is 11.8. The van der Waals surface area contributed by atoms with Crippen molar-refractivity contribution in [1.29, 1.82) is 0 Å². The zero-order chi connectivity index (χ0) is 16.9. The summed E-state index contributed by atoms with van der Waals surface area (Å²) in [5.74, 6) is 1.93. The van der Waals surface area contributed by atoms with Gasteiger partial charge in [0, 0.05) is 39.5 Å². The Hall–Kier alpha value is -0.810. The lowest BCUT2D eigenvalue weighted by Crippen LogP contribution is -2.38. The van der Waals surface area contributed by atoms with E-state index < -0.39 is 0 Å². The average molecular weight is 340 g/mol. The van der Waals surface area contributed by atoms with E-state index in [1.807, 2.05) is 0 Å². The van der Waals surface area contributed by atoms with Gasteiger partial charge in [0.05, 0.1) is 6.10 Å². The van der Waals surface area contributed by atoms with Crippen LogP contribution in [-0.4, -0.2) is 51.5 Å². The first-order valence-corrected chi connectivity index (χ1v) is 10.1. The van der Waals surface area contributed by atoms with E-state index in [9.17, 15) is 0 Å². The normalized spacial score (nSPS) is 20.5. The minimum absolute atomic E-state index is 0.393. The molecule has 0 aromatic heterocycles. The van der Waals surface area contributed by atoms with Gasteiger partial charge in [0.1, 0.15) is 0 Å². The van der Waals surface area contributed by atoms with Gasteiger partial charge in [-0.3, -0.25) is 4.99 Å². The quantitative estimate of drug-likeness (QED) is 0.365. The van der Waals surface area contributed by atoms with Crippen LogP contribution in [0.1, 0.15) is 64.7 Å². The average Bonchev–Trinajstić information content (AvgIpc) is 3.12. The topological polar surface area (TPSA) is 54.9 Å². The molecule has 0 bridgehead atoms. The van der Waals surface area contributed by atoms with Crippen molar-refractivity contribution in [2.45, 2.75) is 70.8 Å². The Kier molecular flexibility index (Phi) is 10.2. The summed E-state index contributed by atoms with van der Waals surface area (Å²) in [5, 5.41) is 6.80. The molecule has 5 nitrogen and oxygen atoms in total. The third kappa shape index (κ3) is 8.34. The van der Waals surface area contributed by atoms with E-state index >= 15 is 0 Å². The zero-order valence-corrected chi connectivity index (χ0v) is 15.5. The third-order valence-corrected chi connectivity index (χ3v) is 4.99. The van der Waals surface area contributed by atoms with Crippen molar-refractivity contribution in [3.63, 3.8) is 0 Å². The number of hydrogen-bond acceptors (Lipinski definition) is 3. The molecule has 0 radical (unpaired) electrons. The van der Waals surface area contributed by atoms with Gasteiger partial charge in [0.15, 0.2) is 5.96 Å². The summed E-state index contributed by atoms with van der Waals surface area (Å²) in [4.78, 5) is 4.66. The molecule has 1 saturated heterocycles. The molecule has 0 aromatic carbocycles. The Morgan fingerprint density at radius 2 is 1.88 bits per heavy atom. The predicted molar refractivity (Wildman–Crippen MR) is 99.6 cm³/mol. The monoisotopic (exact) mass is 339 g/mol. The molecule has 2 N–H and O–H groups in total. The van der Waals surface area contributed by atoms with Crippen LogP contribution in [0.2, 0.25) is 0 Å². The second-order valence-corrected chi connectivity index (χ2v) is 7.02. The molecule has 1 saturated carbocycles. The van der Waals surface area contributed by atoms with Crippen LogP contribution in [0, 0.1) is 5.92 Å². The first kappa shape index (κ1) is 19.5. The number of aliphatic imine (C=N–C) groups is 1. The van der Waals surface area contributed by atoms with E-state index in [0.717, 1.165) is 70.6 Å². The molecule has 140 valence electrons. The van der Waals surface area contributed by atoms with Crippen molar-refractivity contribution in [3.05, 3.63) is 0 Å². The van der Waals surface area contributed by atoms with Crippen molar-refractivity contribution >= 4 is 5.96 Å². The summed E-state index contributed by atoms with van der Waals surface area (Å²) in [7, 11) is 0. The Morgan fingerprint density at radius 1 is 1.08 bits per heavy atom. The van der Waals surface area contributed by atoms with Gasteiger partial charge in [0.2, 0.25) is 0 Å². The minimum atomic E-state index is 0.393. The highest BCUT2D eigenvalue weighted by Crippen LogP contribution is 2.28. The second-order valence-electron chi connectivity index (χ2n) is 7.02. The lowest BCUT2D eigenvalue weighted by atomic mass is 10.0. The number of ether oxygens (including phenoxy) is 2. The van der Waals surface area contributed by atoms with E-state index in [1.54, 1.807) is 0 Å². The molecule has 1 heterocycles. The SMILES string of the molecule is CCNC(=NCCCOC1CCOCC1)NCCCC1CCCC1. The van der Waals surface area contributed by atoms with E-state index in [1.165, 1.54) is 38.5 Å². The van der Waals surface area contributed by atoms with Gasteiger partial charge < -0.3 is 20.1 Å². The standard InChI is InChI=1S/C19H37N3O2/c1-2-20-19(21-12-5-9-17-7-3-4-8-17)22-13-6-14-24-18-10-15-23-16-11-18/h17-18H,2-16H2,1H3,(H2,20,21,22). The van der Waals surface area contributed by atoms with Crippen LogP contribution in [0.4, 0.5) is 0 Å². The molecule has 2 rings (SSSR count). The van der Waals surface area contributed by atoms with Gasteiger partial charge in [0.25, 0.3) is 0 Å². The fraction of sp³-hybridized carbons (Fsp3) is 0.947. The predicted octanol–water partition coefficient (Wildman–Crippen LogP) is 3.10. The number of rotatable bonds is 10. The molecule has 1 aliphatic heterocycles. The molecule has 1 aliphatic carbocycles. The molecular formula is C19H37N3O2. The molecule has 2 fully saturated rings. The first-order valence-electron chi connectivity index (χ1n) is 10.1. The van der Waals surface area contributed by atoms with E-state index in [4.69, 9.17) is 9.47 Å². The van der Waals surface area contributed by atoms with Gasteiger partial charge in [-0.25, -0.2) is 0 Å². The third-order valence-electron chi connectivity index (χ3n) is 4.99. The first-order chi connectivity index (χ1) is 11.9. The van der Waals surface area contributed by atoms with Crippen LogP contribution in [0.5, 0.6) is 0 Å². The Labute approximate surface area is 148 Å². The maximum atomic E-state index is 5.89. The Bertz CT molecular complexity index is 338. The lowest BCUT2D eigenvalue weighted by molar-refractivity contribution is -0.0318. The number of guanidine groups is 1. The number of hydrogen-bond donors (Lipinski definition) is 2. The van der Waals surface area contributed by atoms with E-state index in [2.05, 4.69) is 22.5 Å². The van der Waals surface area contributed by atoms with E-state index in [0.29, 0.717) is 6.10 Å². The van der Waals surface area contributed by atoms with Crippen LogP contribution >= 0.6 is 0 Å². The highest BCUT2D eigenvalue weighted by Gasteiger charge is 2.14. The lowest BCUT2D eigenvalue weighted by Gasteiger charge is -2.22. The van der Waals surface area contributed by atoms with Gasteiger partial charge in [-0.05, 0) is 44.9 Å². The smallest absolute Gasteiger partial charge is 0.191 e. The van der Waals surface area contributed by atoms with Crippen LogP contribution < -0.4 is 10.6 Å². The minimum Gasteiger partial charge on any atom is -0.381 e. The molecule has 0 atom stereocenters. The van der Waals surface area contributed by atoms with Crippen molar-refractivity contribution in [1.82, 2.24) is 10.6 Å². The Morgan fingerprint density at radius 3 is 2.62 bits per heavy atom. The summed E-state index contributed by atoms with van der Waals surface area (Å²) >= 11 is 0. The van der Waals surface area contributed by atoms with Crippen molar-refractivity contribution in [3.8, 4) is 0 Å². The van der Waals surface area contributed by atoms with Gasteiger partial charge in [-0.15, -0.1) is 0 Å². The van der Waals surface area contributed by atoms with Gasteiger partial charge >= 0.3 is 0 Å². The maximum Gasteiger partial charge on any atom is 0.191 e. The van der Waals surface area contributed by atoms with Crippen LogP contribution in [0.15, 0.2) is 4.99 Å². The van der Waals surface area contributed by atoms with Crippen molar-refractivity contribution in [2.24, 2.45) is 10.9 Å². The fourth-order valence-electron chi connectivity index (χ4n) is 3.59. The summed E-state index contributed by atoms with van der Waals surface area (Å²) in [6.45, 7) is 7.37. The van der Waals surface area contributed by atoms with Gasteiger partial charge in [-0.1, -0.05) is 25.7 Å². The van der Waals surface area contributed by atoms with Crippen molar-refractivity contribution in [2.75, 3.05) is 39.5 Å². The van der Waals surface area contributed by atoms with Crippen LogP contribution in [-0.2, 0) is 9.47 Å². The number of nitrogens with zero attached hydrogens (tertiary/aromatic N) is 1. The molecule has 0 spiro atoms. The molecule has 0 amide bonds. The van der Waals surface area contributed by atoms with Gasteiger partial charge in [-0.2, -0.15) is 0 Å². The molecule has 0 aromatic rings. The summed E-state index contributed by atoms with van der Waals surface area (Å²) in [6, 6.07) is 0. The van der Waals surface area contributed by atoms with Crippen molar-refractivity contribution < 1.29 is 9.47 Å². The molecule has 5 heteroatoms. The molecular weight excluding hydrogens is 302 g/mol. The number of nitrogens with one attached hydrogen (secondary N) is 2. The maximum absolute atomic E-state index is 5.89. The highest BCUT2D eigenvalue weighted by molar-refractivity contribution is 5.79. The molecule has 24 heavy (non-hydrogen) atoms. The van der Waals surface area contributed by atoms with Crippen LogP contribution in [0.3, 0.4) is 0 Å². The fourth-order valence-corrected chi connectivity index (χ4v) is 3.59. The largest absolute Gasteiger partial charge is 0.381 e. The summed E-state index contributed by atoms with van der Waals surface area (Å²) in [5.41, 5.74) is 0. The highest BCUT2D eigenvalue weighted by atomic mass is 16.5. The second kappa shape index (κ2) is 12.5. The summed E-state index contributed by atoms with van der Waals surface area (Å²) < 4.78 is 11.2. The Balaban J connectivity index is 1.52.